The molecule has 0 fully saturated rings. The summed E-state index contributed by atoms with van der Waals surface area (Å²) in [4.78, 5) is 10.6. The van der Waals surface area contributed by atoms with Crippen LogP contribution in [0, 0.1) is 0 Å². The van der Waals surface area contributed by atoms with Gasteiger partial charge >= 0.3 is 6.16 Å². The number of ether oxygens (including phenoxy) is 1. The van der Waals surface area contributed by atoms with Crippen molar-refractivity contribution in [2.75, 3.05) is 5.73 Å². The Balaban J connectivity index is 2.04. The molecule has 23 heavy (non-hydrogen) atoms. The first-order valence-electron chi connectivity index (χ1n) is 7.32. The molecular formula is C15H20N4O4. The van der Waals surface area contributed by atoms with E-state index in [1.807, 2.05) is 30.3 Å². The minimum Gasteiger partial charge on any atom is -0.449 e. The van der Waals surface area contributed by atoms with Crippen molar-refractivity contribution in [1.29, 1.82) is 0 Å². The van der Waals surface area contributed by atoms with Crippen LogP contribution in [-0.2, 0) is 6.42 Å². The van der Waals surface area contributed by atoms with E-state index >= 15 is 0 Å². The van der Waals surface area contributed by atoms with Crippen LogP contribution in [-0.4, -0.2) is 37.5 Å². The predicted octanol–water partition coefficient (Wildman–Crippen LogP) is 1.86. The van der Waals surface area contributed by atoms with Gasteiger partial charge in [0.05, 0.1) is 12.1 Å². The molecule has 0 bridgehead atoms. The summed E-state index contributed by atoms with van der Waals surface area (Å²) in [5.41, 5.74) is 7.02. The number of carboxylic acid groups (broad SMARTS) is 1. The molecule has 2 unspecified atom stereocenters. The summed E-state index contributed by atoms with van der Waals surface area (Å²) in [5.74, 6) is -0.288. The number of hydrogen-bond acceptors (Lipinski definition) is 6. The van der Waals surface area contributed by atoms with Crippen molar-refractivity contribution in [3.63, 3.8) is 0 Å². The Kier molecular flexibility index (Phi) is 5.53. The number of anilines is 1. The Bertz CT molecular complexity index is 642. The molecular weight excluding hydrogens is 300 g/mol. The number of nitrogens with zero attached hydrogens (tertiary/aromatic N) is 3. The largest absolute Gasteiger partial charge is 0.512 e. The Hall–Kier alpha value is -2.61. The molecule has 1 heterocycles. The van der Waals surface area contributed by atoms with Gasteiger partial charge in [-0.2, -0.15) is 0 Å². The van der Waals surface area contributed by atoms with Crippen LogP contribution < -0.4 is 10.5 Å². The lowest BCUT2D eigenvalue weighted by Gasteiger charge is -2.20. The molecule has 0 aliphatic rings. The van der Waals surface area contributed by atoms with Crippen LogP contribution in [0.25, 0.3) is 0 Å². The first kappa shape index (κ1) is 16.8. The van der Waals surface area contributed by atoms with Gasteiger partial charge in [-0.05, 0) is 31.7 Å². The highest BCUT2D eigenvalue weighted by Gasteiger charge is 2.24. The summed E-state index contributed by atoms with van der Waals surface area (Å²) < 4.78 is 5.76. The smallest absolute Gasteiger partial charge is 0.449 e. The van der Waals surface area contributed by atoms with Crippen LogP contribution in [0.1, 0.15) is 31.4 Å². The lowest BCUT2D eigenvalue weighted by Crippen LogP contribution is -2.24. The topological polar surface area (TPSA) is 123 Å². The highest BCUT2D eigenvalue weighted by atomic mass is 16.7. The molecule has 0 amide bonds. The second kappa shape index (κ2) is 7.59. The van der Waals surface area contributed by atoms with Crippen molar-refractivity contribution in [2.45, 2.75) is 38.3 Å². The van der Waals surface area contributed by atoms with E-state index in [1.165, 1.54) is 10.2 Å². The van der Waals surface area contributed by atoms with Crippen LogP contribution in [0.5, 0.6) is 5.88 Å². The van der Waals surface area contributed by atoms with E-state index < -0.39 is 18.3 Å². The maximum absolute atomic E-state index is 10.6. The zero-order valence-corrected chi connectivity index (χ0v) is 12.8. The zero-order valence-electron chi connectivity index (χ0n) is 12.8. The molecule has 1 aromatic carbocycles. The Labute approximate surface area is 133 Å². The molecule has 0 saturated carbocycles. The van der Waals surface area contributed by atoms with E-state index in [4.69, 9.17) is 10.8 Å². The van der Waals surface area contributed by atoms with Crippen molar-refractivity contribution in [2.24, 2.45) is 0 Å². The van der Waals surface area contributed by atoms with E-state index in [-0.39, 0.29) is 11.7 Å². The van der Waals surface area contributed by atoms with Gasteiger partial charge in [0, 0.05) is 0 Å². The molecule has 8 nitrogen and oxygen atoms in total. The Morgan fingerprint density at radius 2 is 2.09 bits per heavy atom. The SMILES string of the molecule is CC(O)C(CCCc1ccccc1)n1nnc(OC(=O)O)c1N. The number of nitrogens with two attached hydrogens (primary N) is 1. The lowest BCUT2D eigenvalue weighted by atomic mass is 10.0. The molecule has 124 valence electrons. The lowest BCUT2D eigenvalue weighted by molar-refractivity contribution is 0.116. The number of rotatable bonds is 7. The van der Waals surface area contributed by atoms with E-state index in [0.29, 0.717) is 6.42 Å². The van der Waals surface area contributed by atoms with Gasteiger partial charge in [-0.15, -0.1) is 0 Å². The molecule has 0 aliphatic carbocycles. The Morgan fingerprint density at radius 3 is 2.70 bits per heavy atom. The van der Waals surface area contributed by atoms with Gasteiger partial charge < -0.3 is 20.7 Å². The number of benzene rings is 1. The second-order valence-electron chi connectivity index (χ2n) is 5.28. The van der Waals surface area contributed by atoms with Crippen LogP contribution in [0.15, 0.2) is 30.3 Å². The first-order valence-corrected chi connectivity index (χ1v) is 7.32. The normalized spacial score (nSPS) is 13.5. The average molecular weight is 320 g/mol. The Morgan fingerprint density at radius 1 is 1.39 bits per heavy atom. The molecule has 0 radical (unpaired) electrons. The molecule has 4 N–H and O–H groups in total. The third-order valence-corrected chi connectivity index (χ3v) is 3.56. The minimum atomic E-state index is -1.51. The maximum Gasteiger partial charge on any atom is 0.512 e. The number of carbonyl (C=O) groups is 1. The van der Waals surface area contributed by atoms with Crippen molar-refractivity contribution in [1.82, 2.24) is 15.0 Å². The van der Waals surface area contributed by atoms with Gasteiger partial charge in [0.15, 0.2) is 5.82 Å². The van der Waals surface area contributed by atoms with Crippen LogP contribution in [0.3, 0.4) is 0 Å². The van der Waals surface area contributed by atoms with Crippen molar-refractivity contribution in [3.05, 3.63) is 35.9 Å². The van der Waals surface area contributed by atoms with Crippen LogP contribution in [0.4, 0.5) is 10.6 Å². The number of aryl methyl sites for hydroxylation is 1. The van der Waals surface area contributed by atoms with Crippen molar-refractivity contribution >= 4 is 12.0 Å². The summed E-state index contributed by atoms with van der Waals surface area (Å²) >= 11 is 0. The number of aromatic nitrogens is 3. The second-order valence-corrected chi connectivity index (χ2v) is 5.28. The molecule has 2 aromatic rings. The predicted molar refractivity (Wildman–Crippen MR) is 83.2 cm³/mol. The quantitative estimate of drug-likeness (QED) is 0.665. The summed E-state index contributed by atoms with van der Waals surface area (Å²) in [7, 11) is 0. The standard InChI is InChI=1S/C15H20N4O4/c1-10(20)12(9-5-8-11-6-3-2-4-7-11)19-13(16)14(17-18-19)23-15(21)22/h2-4,6-7,10,12,20H,5,8-9,16H2,1H3,(H,21,22). The van der Waals surface area contributed by atoms with Gasteiger partial charge in [-0.25, -0.2) is 9.48 Å². The molecule has 0 saturated heterocycles. The zero-order chi connectivity index (χ0) is 16.8. The number of aliphatic hydroxyl groups is 1. The molecule has 0 spiro atoms. The average Bonchev–Trinajstić information content (AvgIpc) is 2.85. The van der Waals surface area contributed by atoms with Crippen LogP contribution >= 0.6 is 0 Å². The molecule has 0 aliphatic heterocycles. The fraction of sp³-hybridized carbons (Fsp3) is 0.400. The molecule has 1 aromatic heterocycles. The van der Waals surface area contributed by atoms with E-state index in [2.05, 4.69) is 15.0 Å². The highest BCUT2D eigenvalue weighted by Crippen LogP contribution is 2.26. The van der Waals surface area contributed by atoms with E-state index in [9.17, 15) is 9.90 Å². The van der Waals surface area contributed by atoms with Crippen molar-refractivity contribution in [3.8, 4) is 5.88 Å². The number of hydrogen-bond donors (Lipinski definition) is 3. The van der Waals surface area contributed by atoms with Gasteiger partial charge in [0.2, 0.25) is 0 Å². The highest BCUT2D eigenvalue weighted by molar-refractivity contribution is 5.62. The molecule has 2 atom stereocenters. The summed E-state index contributed by atoms with van der Waals surface area (Å²) in [6, 6.07) is 9.60. The fourth-order valence-corrected chi connectivity index (χ4v) is 2.41. The number of aliphatic hydroxyl groups excluding tert-OH is 1. The van der Waals surface area contributed by atoms with Gasteiger partial charge in [0.25, 0.3) is 5.88 Å². The maximum atomic E-state index is 10.6. The minimum absolute atomic E-state index is 0.0157. The fourth-order valence-electron chi connectivity index (χ4n) is 2.41. The summed E-state index contributed by atoms with van der Waals surface area (Å²) in [6.07, 6.45) is 0.0616. The number of nitrogen functional groups attached to an aromatic ring is 1. The van der Waals surface area contributed by atoms with E-state index in [0.717, 1.165) is 12.8 Å². The summed E-state index contributed by atoms with van der Waals surface area (Å²) in [5, 5.41) is 26.0. The van der Waals surface area contributed by atoms with Gasteiger partial charge in [0.1, 0.15) is 0 Å². The summed E-state index contributed by atoms with van der Waals surface area (Å²) in [6.45, 7) is 1.63. The van der Waals surface area contributed by atoms with Gasteiger partial charge in [-0.3, -0.25) is 0 Å². The van der Waals surface area contributed by atoms with Crippen LogP contribution in [0.2, 0.25) is 0 Å². The first-order chi connectivity index (χ1) is 11.0. The van der Waals surface area contributed by atoms with Crippen molar-refractivity contribution < 1.29 is 19.7 Å². The molecule has 2 rings (SSSR count). The third-order valence-electron chi connectivity index (χ3n) is 3.56. The third kappa shape index (κ3) is 4.43. The van der Waals surface area contributed by atoms with E-state index in [1.54, 1.807) is 6.92 Å². The monoisotopic (exact) mass is 320 g/mol. The molecule has 8 heteroatoms. The van der Waals surface area contributed by atoms with Gasteiger partial charge in [-0.1, -0.05) is 40.6 Å².